The van der Waals surface area contributed by atoms with Crippen molar-refractivity contribution < 1.29 is 19.6 Å². The molecule has 0 radical (unpaired) electrons. The minimum atomic E-state index is -0.852. The highest BCUT2D eigenvalue weighted by molar-refractivity contribution is 6.00. The minimum Gasteiger partial charge on any atom is -0.320 e. The van der Waals surface area contributed by atoms with Crippen LogP contribution in [0.5, 0.6) is 0 Å². The molecular weight excluding hydrogens is 432 g/mol. The van der Waals surface area contributed by atoms with Gasteiger partial charge in [0.15, 0.2) is 0 Å². The SMILES string of the molecule is CC(C)C[C@@H](C(=O)NN(C(=O)[C@@H](C)N)c1ccccc1)[C@H](CC=Cc1ccccc1)C(=O)NO. The maximum Gasteiger partial charge on any atom is 0.262 e. The second-order valence-corrected chi connectivity index (χ2v) is 8.64. The normalized spacial score (nSPS) is 13.8. The van der Waals surface area contributed by atoms with Gasteiger partial charge >= 0.3 is 0 Å². The summed E-state index contributed by atoms with van der Waals surface area (Å²) in [6.45, 7) is 5.42. The zero-order valence-electron chi connectivity index (χ0n) is 19.8. The Balaban J connectivity index is 2.32. The first kappa shape index (κ1) is 26.8. The number of nitrogens with one attached hydrogen (secondary N) is 2. The molecule has 0 unspecified atom stereocenters. The number of carbonyl (C=O) groups is 3. The number of nitrogens with zero attached hydrogens (tertiary/aromatic N) is 1. The molecule has 0 fully saturated rings. The number of nitrogens with two attached hydrogens (primary N) is 1. The number of hydrogen-bond donors (Lipinski definition) is 4. The predicted octanol–water partition coefficient (Wildman–Crippen LogP) is 3.29. The highest BCUT2D eigenvalue weighted by Crippen LogP contribution is 2.26. The van der Waals surface area contributed by atoms with Crippen molar-refractivity contribution >= 4 is 29.5 Å². The first-order chi connectivity index (χ1) is 16.2. The fourth-order valence-electron chi connectivity index (χ4n) is 3.63. The van der Waals surface area contributed by atoms with Gasteiger partial charge in [0.25, 0.3) is 5.91 Å². The van der Waals surface area contributed by atoms with E-state index in [9.17, 15) is 19.6 Å². The lowest BCUT2D eigenvalue weighted by molar-refractivity contribution is -0.141. The summed E-state index contributed by atoms with van der Waals surface area (Å²) in [5, 5.41) is 10.5. The van der Waals surface area contributed by atoms with E-state index < -0.39 is 35.6 Å². The molecule has 8 heteroatoms. The molecule has 0 aliphatic rings. The quantitative estimate of drug-likeness (QED) is 0.316. The lowest BCUT2D eigenvalue weighted by Gasteiger charge is -2.30. The van der Waals surface area contributed by atoms with Gasteiger partial charge in [0.05, 0.1) is 23.6 Å². The van der Waals surface area contributed by atoms with E-state index in [0.29, 0.717) is 12.1 Å². The zero-order valence-corrected chi connectivity index (χ0v) is 19.8. The molecule has 0 spiro atoms. The summed E-state index contributed by atoms with van der Waals surface area (Å²) in [5.74, 6) is -3.24. The van der Waals surface area contributed by atoms with Crippen LogP contribution in [0, 0.1) is 17.8 Å². The first-order valence-electron chi connectivity index (χ1n) is 11.3. The number of para-hydroxylation sites is 1. The Labute approximate surface area is 200 Å². The first-order valence-corrected chi connectivity index (χ1v) is 11.3. The van der Waals surface area contributed by atoms with E-state index in [1.54, 1.807) is 41.9 Å². The molecular formula is C26H34N4O4. The van der Waals surface area contributed by atoms with Gasteiger partial charge in [-0.05, 0) is 43.4 Å². The van der Waals surface area contributed by atoms with Gasteiger partial charge in [-0.15, -0.1) is 0 Å². The van der Waals surface area contributed by atoms with Crippen LogP contribution < -0.4 is 21.6 Å². The van der Waals surface area contributed by atoms with Crippen molar-refractivity contribution in [3.05, 3.63) is 72.3 Å². The number of hydrazine groups is 1. The summed E-state index contributed by atoms with van der Waals surface area (Å²) in [7, 11) is 0. The van der Waals surface area contributed by atoms with Gasteiger partial charge in [-0.25, -0.2) is 10.5 Å². The van der Waals surface area contributed by atoms with Crippen molar-refractivity contribution in [2.24, 2.45) is 23.5 Å². The van der Waals surface area contributed by atoms with Gasteiger partial charge in [-0.1, -0.05) is 74.5 Å². The van der Waals surface area contributed by atoms with Crippen LogP contribution in [0.3, 0.4) is 0 Å². The van der Waals surface area contributed by atoms with Crippen LogP contribution in [0.15, 0.2) is 66.7 Å². The molecule has 2 aromatic rings. The molecule has 5 N–H and O–H groups in total. The summed E-state index contributed by atoms with van der Waals surface area (Å²) >= 11 is 0. The summed E-state index contributed by atoms with van der Waals surface area (Å²) in [5.41, 5.74) is 11.6. The molecule has 0 aliphatic heterocycles. The molecule has 0 heterocycles. The van der Waals surface area contributed by atoms with E-state index in [1.807, 2.05) is 50.3 Å². The van der Waals surface area contributed by atoms with Crippen molar-refractivity contribution in [1.82, 2.24) is 10.9 Å². The van der Waals surface area contributed by atoms with Crippen molar-refractivity contribution in [3.63, 3.8) is 0 Å². The molecule has 3 atom stereocenters. The predicted molar refractivity (Wildman–Crippen MR) is 132 cm³/mol. The largest absolute Gasteiger partial charge is 0.320 e. The van der Waals surface area contributed by atoms with Crippen LogP contribution in [0.4, 0.5) is 5.69 Å². The van der Waals surface area contributed by atoms with Crippen LogP contribution in [-0.4, -0.2) is 29.0 Å². The Morgan fingerprint density at radius 2 is 1.53 bits per heavy atom. The number of allylic oxidation sites excluding steroid dienone is 1. The fraction of sp³-hybridized carbons (Fsp3) is 0.346. The highest BCUT2D eigenvalue weighted by atomic mass is 16.5. The molecule has 0 saturated heterocycles. The zero-order chi connectivity index (χ0) is 25.1. The molecule has 182 valence electrons. The molecule has 0 saturated carbocycles. The van der Waals surface area contributed by atoms with Gasteiger partial charge in [0.2, 0.25) is 11.8 Å². The summed E-state index contributed by atoms with van der Waals surface area (Å²) in [4.78, 5) is 38.8. The van der Waals surface area contributed by atoms with E-state index >= 15 is 0 Å². The third kappa shape index (κ3) is 7.83. The van der Waals surface area contributed by atoms with E-state index in [4.69, 9.17) is 5.73 Å². The Kier molecular flexibility index (Phi) is 10.4. The second-order valence-electron chi connectivity index (χ2n) is 8.64. The molecule has 0 aliphatic carbocycles. The average Bonchev–Trinajstić information content (AvgIpc) is 2.84. The molecule has 0 aromatic heterocycles. The van der Waals surface area contributed by atoms with Gasteiger partial charge in [0.1, 0.15) is 0 Å². The number of hydrogen-bond acceptors (Lipinski definition) is 5. The Morgan fingerprint density at radius 1 is 0.941 bits per heavy atom. The minimum absolute atomic E-state index is 0.0807. The monoisotopic (exact) mass is 466 g/mol. The number of rotatable bonds is 10. The number of carbonyl (C=O) groups excluding carboxylic acids is 3. The van der Waals surface area contributed by atoms with E-state index in [-0.39, 0.29) is 12.3 Å². The number of anilines is 1. The molecule has 3 amide bonds. The Hall–Kier alpha value is -3.49. The summed E-state index contributed by atoms with van der Waals surface area (Å²) in [6, 6.07) is 17.3. The van der Waals surface area contributed by atoms with Crippen molar-refractivity contribution in [3.8, 4) is 0 Å². The van der Waals surface area contributed by atoms with Gasteiger partial charge in [-0.3, -0.25) is 25.0 Å². The number of amides is 3. The van der Waals surface area contributed by atoms with Crippen LogP contribution in [0.25, 0.3) is 6.08 Å². The topological polar surface area (TPSA) is 125 Å². The molecule has 34 heavy (non-hydrogen) atoms. The van der Waals surface area contributed by atoms with Gasteiger partial charge in [0, 0.05) is 0 Å². The third-order valence-corrected chi connectivity index (χ3v) is 5.34. The maximum atomic E-state index is 13.5. The van der Waals surface area contributed by atoms with E-state index in [1.165, 1.54) is 6.92 Å². The van der Waals surface area contributed by atoms with E-state index in [2.05, 4.69) is 5.43 Å². The summed E-state index contributed by atoms with van der Waals surface area (Å²) in [6.07, 6.45) is 4.26. The van der Waals surface area contributed by atoms with E-state index in [0.717, 1.165) is 10.6 Å². The standard InChI is InChI=1S/C26H34N4O4/c1-18(2)17-23(22(25(32)29-34)16-10-13-20-11-6-4-7-12-20)24(31)28-30(26(33)19(3)27)21-14-8-5-9-15-21/h4-15,18-19,22-23,34H,16-17,27H2,1-3H3,(H,28,31)(H,29,32)/t19-,22+,23-/m1/s1. The fourth-order valence-corrected chi connectivity index (χ4v) is 3.63. The van der Waals surface area contributed by atoms with Gasteiger partial charge in [-0.2, -0.15) is 0 Å². The summed E-state index contributed by atoms with van der Waals surface area (Å²) < 4.78 is 0. The van der Waals surface area contributed by atoms with Crippen molar-refractivity contribution in [1.29, 1.82) is 0 Å². The second kappa shape index (κ2) is 13.3. The third-order valence-electron chi connectivity index (χ3n) is 5.34. The van der Waals surface area contributed by atoms with Crippen LogP contribution >= 0.6 is 0 Å². The Bertz CT molecular complexity index is 961. The van der Waals surface area contributed by atoms with Crippen molar-refractivity contribution in [2.45, 2.75) is 39.7 Å². The smallest absolute Gasteiger partial charge is 0.262 e. The highest BCUT2D eigenvalue weighted by Gasteiger charge is 2.35. The lowest BCUT2D eigenvalue weighted by Crippen LogP contribution is -2.55. The average molecular weight is 467 g/mol. The van der Waals surface area contributed by atoms with Crippen LogP contribution in [0.2, 0.25) is 0 Å². The van der Waals surface area contributed by atoms with Crippen LogP contribution in [-0.2, 0) is 14.4 Å². The van der Waals surface area contributed by atoms with Crippen LogP contribution in [0.1, 0.15) is 39.2 Å². The molecule has 2 rings (SSSR count). The molecule has 2 aromatic carbocycles. The molecule has 8 nitrogen and oxygen atoms in total. The Morgan fingerprint density at radius 3 is 2.06 bits per heavy atom. The lowest BCUT2D eigenvalue weighted by atomic mass is 9.82. The van der Waals surface area contributed by atoms with Gasteiger partial charge < -0.3 is 5.73 Å². The molecule has 0 bridgehead atoms. The number of benzene rings is 2. The van der Waals surface area contributed by atoms with Crippen molar-refractivity contribution in [2.75, 3.05) is 5.01 Å². The number of hydroxylamine groups is 1. The maximum absolute atomic E-state index is 13.5.